The van der Waals surface area contributed by atoms with E-state index in [0.717, 1.165) is 10.0 Å². The molecular formula is C15H18BrN3O3. The van der Waals surface area contributed by atoms with Crippen molar-refractivity contribution in [1.29, 1.82) is 0 Å². The zero-order valence-electron chi connectivity index (χ0n) is 12.9. The van der Waals surface area contributed by atoms with Crippen LogP contribution >= 0.6 is 15.9 Å². The summed E-state index contributed by atoms with van der Waals surface area (Å²) in [6, 6.07) is 4.96. The minimum Gasteiger partial charge on any atom is -0.467 e. The fourth-order valence-corrected chi connectivity index (χ4v) is 3.53. The van der Waals surface area contributed by atoms with E-state index >= 15 is 0 Å². The van der Waals surface area contributed by atoms with Gasteiger partial charge in [0.25, 0.3) is 0 Å². The fraction of sp³-hybridized carbons (Fsp3) is 0.467. The summed E-state index contributed by atoms with van der Waals surface area (Å²) in [6.07, 6.45) is 0. The minimum atomic E-state index is -1.02. The zero-order valence-corrected chi connectivity index (χ0v) is 14.5. The van der Waals surface area contributed by atoms with Gasteiger partial charge in [0.15, 0.2) is 5.72 Å². The van der Waals surface area contributed by atoms with Gasteiger partial charge in [0, 0.05) is 31.2 Å². The van der Waals surface area contributed by atoms with Crippen molar-refractivity contribution in [3.8, 4) is 5.75 Å². The first kappa shape index (κ1) is 15.1. The number of nitrogens with one attached hydrogen (secondary N) is 1. The van der Waals surface area contributed by atoms with Crippen LogP contribution in [0.5, 0.6) is 5.75 Å². The smallest absolute Gasteiger partial charge is 0.320 e. The van der Waals surface area contributed by atoms with E-state index in [2.05, 4.69) is 21.2 Å². The predicted molar refractivity (Wildman–Crippen MR) is 84.4 cm³/mol. The molecule has 0 aliphatic carbocycles. The molecule has 1 N–H and O–H groups in total. The highest BCUT2D eigenvalue weighted by atomic mass is 79.9. The number of rotatable bonds is 1. The molecule has 1 aromatic rings. The molecule has 0 saturated carbocycles. The second-order valence-corrected chi connectivity index (χ2v) is 6.95. The molecule has 0 unspecified atom stereocenters. The first-order valence-corrected chi connectivity index (χ1v) is 7.79. The van der Waals surface area contributed by atoms with Gasteiger partial charge in [-0.3, -0.25) is 9.69 Å². The summed E-state index contributed by atoms with van der Waals surface area (Å²) in [5, 5.41) is 2.93. The molecule has 3 amide bonds. The highest BCUT2D eigenvalue weighted by Gasteiger charge is 2.58. The SMILES string of the molecule is CN(C)C(=O)[C@H]1[C@H]2NC(=O)N(C)[C@@]1(C)Oc1ccc(Br)cc12. The lowest BCUT2D eigenvalue weighted by atomic mass is 9.79. The van der Waals surface area contributed by atoms with Crippen LogP contribution in [0.2, 0.25) is 0 Å². The van der Waals surface area contributed by atoms with Crippen molar-refractivity contribution in [1.82, 2.24) is 15.1 Å². The van der Waals surface area contributed by atoms with E-state index in [1.165, 1.54) is 9.80 Å². The molecule has 22 heavy (non-hydrogen) atoms. The third-order valence-electron chi connectivity index (χ3n) is 4.49. The highest BCUT2D eigenvalue weighted by Crippen LogP contribution is 2.48. The van der Waals surface area contributed by atoms with Gasteiger partial charge in [-0.2, -0.15) is 0 Å². The number of amides is 3. The normalized spacial score (nSPS) is 29.3. The van der Waals surface area contributed by atoms with Crippen LogP contribution in [0.1, 0.15) is 18.5 Å². The molecule has 7 heteroatoms. The van der Waals surface area contributed by atoms with Gasteiger partial charge < -0.3 is 15.0 Å². The van der Waals surface area contributed by atoms with Gasteiger partial charge in [-0.1, -0.05) is 15.9 Å². The van der Waals surface area contributed by atoms with Gasteiger partial charge in [-0.15, -0.1) is 0 Å². The number of carbonyl (C=O) groups is 2. The number of urea groups is 1. The summed E-state index contributed by atoms with van der Waals surface area (Å²) >= 11 is 3.43. The van der Waals surface area contributed by atoms with Crippen LogP contribution in [0.25, 0.3) is 0 Å². The standard InChI is InChI=1S/C15H18BrN3O3/c1-15-11(13(20)18(2)3)12(17-14(21)19(15)4)9-7-8(16)5-6-10(9)22-15/h5-7,11-12H,1-4H3,(H,17,21)/t11-,12+,15+/m1/s1. The Bertz CT molecular complexity index is 663. The Balaban J connectivity index is 2.19. The summed E-state index contributed by atoms with van der Waals surface area (Å²) in [4.78, 5) is 28.0. The van der Waals surface area contributed by atoms with Crippen molar-refractivity contribution in [2.45, 2.75) is 18.7 Å². The van der Waals surface area contributed by atoms with Crippen molar-refractivity contribution in [3.05, 3.63) is 28.2 Å². The van der Waals surface area contributed by atoms with E-state index in [-0.39, 0.29) is 11.9 Å². The topological polar surface area (TPSA) is 61.9 Å². The average molecular weight is 368 g/mol. The summed E-state index contributed by atoms with van der Waals surface area (Å²) in [5.74, 6) is 0.0855. The molecule has 0 radical (unpaired) electrons. The maximum Gasteiger partial charge on any atom is 0.320 e. The molecule has 1 aromatic carbocycles. The Morgan fingerprint density at radius 3 is 2.77 bits per heavy atom. The number of benzene rings is 1. The monoisotopic (exact) mass is 367 g/mol. The summed E-state index contributed by atoms with van der Waals surface area (Å²) < 4.78 is 6.99. The van der Waals surface area contributed by atoms with Crippen LogP contribution in [-0.2, 0) is 4.79 Å². The van der Waals surface area contributed by atoms with Gasteiger partial charge in [0.05, 0.1) is 6.04 Å². The van der Waals surface area contributed by atoms with E-state index < -0.39 is 17.7 Å². The molecule has 6 nitrogen and oxygen atoms in total. The van der Waals surface area contributed by atoms with Crippen LogP contribution in [0.3, 0.4) is 0 Å². The number of nitrogens with zero attached hydrogens (tertiary/aromatic N) is 2. The van der Waals surface area contributed by atoms with E-state index in [4.69, 9.17) is 4.74 Å². The van der Waals surface area contributed by atoms with Crippen molar-refractivity contribution < 1.29 is 14.3 Å². The van der Waals surface area contributed by atoms with E-state index in [1.54, 1.807) is 28.1 Å². The fourth-order valence-electron chi connectivity index (χ4n) is 3.15. The van der Waals surface area contributed by atoms with Crippen molar-refractivity contribution in [3.63, 3.8) is 0 Å². The minimum absolute atomic E-state index is 0.0787. The lowest BCUT2D eigenvalue weighted by Crippen LogP contribution is -2.71. The van der Waals surface area contributed by atoms with Gasteiger partial charge in [-0.05, 0) is 25.1 Å². The van der Waals surface area contributed by atoms with E-state index in [1.807, 2.05) is 18.2 Å². The van der Waals surface area contributed by atoms with Gasteiger partial charge in [0.2, 0.25) is 5.91 Å². The lowest BCUT2D eigenvalue weighted by molar-refractivity contribution is -0.162. The zero-order chi connectivity index (χ0) is 16.2. The summed E-state index contributed by atoms with van der Waals surface area (Å²) in [7, 11) is 5.06. The maximum atomic E-state index is 12.7. The molecule has 2 aliphatic rings. The Morgan fingerprint density at radius 2 is 2.14 bits per heavy atom. The Hall–Kier alpha value is -1.76. The summed E-state index contributed by atoms with van der Waals surface area (Å²) in [6.45, 7) is 1.79. The van der Waals surface area contributed by atoms with Crippen LogP contribution in [-0.4, -0.2) is 48.6 Å². The first-order valence-electron chi connectivity index (χ1n) is 6.99. The van der Waals surface area contributed by atoms with Crippen molar-refractivity contribution in [2.24, 2.45) is 5.92 Å². The Morgan fingerprint density at radius 1 is 1.45 bits per heavy atom. The van der Waals surface area contributed by atoms with Gasteiger partial charge in [-0.25, -0.2) is 4.79 Å². The second-order valence-electron chi connectivity index (χ2n) is 6.04. The molecule has 1 fully saturated rings. The molecule has 3 atom stereocenters. The third-order valence-corrected chi connectivity index (χ3v) is 4.98. The first-order chi connectivity index (χ1) is 10.3. The quantitative estimate of drug-likeness (QED) is 0.825. The number of halogens is 1. The molecule has 0 spiro atoms. The molecule has 3 rings (SSSR count). The van der Waals surface area contributed by atoms with Crippen LogP contribution < -0.4 is 10.1 Å². The molecule has 2 aliphatic heterocycles. The van der Waals surface area contributed by atoms with Gasteiger partial charge in [0.1, 0.15) is 11.7 Å². The predicted octanol–water partition coefficient (Wildman–Crippen LogP) is 1.96. The molecule has 1 saturated heterocycles. The van der Waals surface area contributed by atoms with Crippen molar-refractivity contribution in [2.75, 3.05) is 21.1 Å². The number of hydrogen-bond donors (Lipinski definition) is 1. The van der Waals surface area contributed by atoms with Crippen molar-refractivity contribution >= 4 is 27.9 Å². The maximum absolute atomic E-state index is 12.7. The number of ether oxygens (including phenoxy) is 1. The van der Waals surface area contributed by atoms with Gasteiger partial charge >= 0.3 is 6.03 Å². The molecule has 2 bridgehead atoms. The number of hydrogen-bond acceptors (Lipinski definition) is 3. The number of fused-ring (bicyclic) bond motifs is 4. The summed E-state index contributed by atoms with van der Waals surface area (Å²) in [5.41, 5.74) is -0.205. The molecule has 118 valence electrons. The largest absolute Gasteiger partial charge is 0.467 e. The second kappa shape index (κ2) is 4.87. The molecule has 0 aromatic heterocycles. The van der Waals surface area contributed by atoms with Crippen LogP contribution in [0, 0.1) is 5.92 Å². The van der Waals surface area contributed by atoms with E-state index in [9.17, 15) is 9.59 Å². The van der Waals surface area contributed by atoms with Crippen LogP contribution in [0.15, 0.2) is 22.7 Å². The van der Waals surface area contributed by atoms with E-state index in [0.29, 0.717) is 5.75 Å². The Labute approximate surface area is 137 Å². The van der Waals surface area contributed by atoms with Crippen LogP contribution in [0.4, 0.5) is 4.79 Å². The molecular weight excluding hydrogens is 350 g/mol. The average Bonchev–Trinajstić information content (AvgIpc) is 2.45. The lowest BCUT2D eigenvalue weighted by Gasteiger charge is -2.54. The third kappa shape index (κ3) is 1.99. The molecule has 2 heterocycles. The highest BCUT2D eigenvalue weighted by molar-refractivity contribution is 9.10. The number of carbonyl (C=O) groups excluding carboxylic acids is 2. The Kier molecular flexibility index (Phi) is 3.36.